The largest absolute Gasteiger partial charge is 0.368 e. The number of amides is 1. The highest BCUT2D eigenvalue weighted by atomic mass is 16.2. The number of carbonyl (C=O) groups is 1. The fourth-order valence-corrected chi connectivity index (χ4v) is 2.25. The highest BCUT2D eigenvalue weighted by molar-refractivity contribution is 5.93. The van der Waals surface area contributed by atoms with Crippen LogP contribution in [-0.2, 0) is 0 Å². The van der Waals surface area contributed by atoms with Gasteiger partial charge in [-0.1, -0.05) is 19.9 Å². The smallest absolute Gasteiger partial charge is 0.272 e. The van der Waals surface area contributed by atoms with Crippen LogP contribution >= 0.6 is 0 Å². The summed E-state index contributed by atoms with van der Waals surface area (Å²) in [4.78, 5) is 19.1. The first-order chi connectivity index (χ1) is 9.47. The number of nitrogens with zero attached hydrogens (tertiary/aromatic N) is 2. The standard InChI is InChI=1S/C16H25N3O/c1-11(2)10-19(13-8-9-13)16(20)14-6-5-7-15(18-14)17-12(3)4/h5-7,11-13H,8-10H2,1-4H3,(H,17,18). The lowest BCUT2D eigenvalue weighted by Gasteiger charge is -2.24. The van der Waals surface area contributed by atoms with E-state index in [9.17, 15) is 4.79 Å². The van der Waals surface area contributed by atoms with Gasteiger partial charge in [0.05, 0.1) is 0 Å². The van der Waals surface area contributed by atoms with Crippen molar-refractivity contribution in [3.63, 3.8) is 0 Å². The van der Waals surface area contributed by atoms with Gasteiger partial charge < -0.3 is 10.2 Å². The van der Waals surface area contributed by atoms with Gasteiger partial charge in [-0.2, -0.15) is 0 Å². The topological polar surface area (TPSA) is 45.2 Å². The molecule has 0 spiro atoms. The molecule has 1 heterocycles. The molecule has 2 rings (SSSR count). The summed E-state index contributed by atoms with van der Waals surface area (Å²) < 4.78 is 0. The molecule has 1 aromatic heterocycles. The van der Waals surface area contributed by atoms with E-state index in [0.717, 1.165) is 25.2 Å². The van der Waals surface area contributed by atoms with Crippen molar-refractivity contribution in [2.45, 2.75) is 52.6 Å². The van der Waals surface area contributed by atoms with Crippen LogP contribution in [0.15, 0.2) is 18.2 Å². The molecule has 0 unspecified atom stereocenters. The fourth-order valence-electron chi connectivity index (χ4n) is 2.25. The quantitative estimate of drug-likeness (QED) is 0.867. The minimum Gasteiger partial charge on any atom is -0.368 e. The Kier molecular flexibility index (Phi) is 4.63. The summed E-state index contributed by atoms with van der Waals surface area (Å²) in [6, 6.07) is 6.34. The average Bonchev–Trinajstić information content (AvgIpc) is 3.18. The highest BCUT2D eigenvalue weighted by Gasteiger charge is 2.33. The normalized spacial score (nSPS) is 14.7. The van der Waals surface area contributed by atoms with Crippen LogP contribution in [-0.4, -0.2) is 34.4 Å². The third-order valence-corrected chi connectivity index (χ3v) is 3.22. The molecule has 0 aliphatic heterocycles. The third-order valence-electron chi connectivity index (χ3n) is 3.22. The number of anilines is 1. The van der Waals surface area contributed by atoms with Crippen molar-refractivity contribution in [2.24, 2.45) is 5.92 Å². The molecule has 1 fully saturated rings. The predicted molar refractivity (Wildman–Crippen MR) is 81.9 cm³/mol. The van der Waals surface area contributed by atoms with Crippen molar-refractivity contribution >= 4 is 11.7 Å². The van der Waals surface area contributed by atoms with Crippen LogP contribution in [0.3, 0.4) is 0 Å². The summed E-state index contributed by atoms with van der Waals surface area (Å²) in [7, 11) is 0. The monoisotopic (exact) mass is 275 g/mol. The molecule has 1 aliphatic rings. The lowest BCUT2D eigenvalue weighted by molar-refractivity contribution is 0.0716. The van der Waals surface area contributed by atoms with E-state index < -0.39 is 0 Å². The lowest BCUT2D eigenvalue weighted by atomic mass is 10.2. The van der Waals surface area contributed by atoms with Crippen molar-refractivity contribution in [3.8, 4) is 0 Å². The van der Waals surface area contributed by atoms with Gasteiger partial charge in [-0.3, -0.25) is 4.79 Å². The Hall–Kier alpha value is -1.58. The first-order valence-electron chi connectivity index (χ1n) is 7.52. The van der Waals surface area contributed by atoms with Gasteiger partial charge in [-0.05, 0) is 44.7 Å². The summed E-state index contributed by atoms with van der Waals surface area (Å²) in [6.07, 6.45) is 2.25. The minimum atomic E-state index is 0.0635. The first-order valence-corrected chi connectivity index (χ1v) is 7.52. The Morgan fingerprint density at radius 2 is 2.05 bits per heavy atom. The number of hydrogen-bond acceptors (Lipinski definition) is 3. The molecular weight excluding hydrogens is 250 g/mol. The number of pyridine rings is 1. The second-order valence-corrected chi connectivity index (χ2v) is 6.29. The second kappa shape index (κ2) is 6.25. The van der Waals surface area contributed by atoms with Gasteiger partial charge in [0.1, 0.15) is 11.5 Å². The number of nitrogens with one attached hydrogen (secondary N) is 1. The Bertz CT molecular complexity index is 467. The maximum Gasteiger partial charge on any atom is 0.272 e. The number of aromatic nitrogens is 1. The van der Waals surface area contributed by atoms with E-state index in [4.69, 9.17) is 0 Å². The average molecular weight is 275 g/mol. The molecule has 20 heavy (non-hydrogen) atoms. The zero-order chi connectivity index (χ0) is 14.7. The van der Waals surface area contributed by atoms with Crippen LogP contribution in [0, 0.1) is 5.92 Å². The van der Waals surface area contributed by atoms with E-state index in [1.807, 2.05) is 23.1 Å². The van der Waals surface area contributed by atoms with Gasteiger partial charge in [-0.25, -0.2) is 4.98 Å². The molecular formula is C16H25N3O. The number of carbonyl (C=O) groups excluding carboxylic acids is 1. The van der Waals surface area contributed by atoms with Gasteiger partial charge in [0.15, 0.2) is 0 Å². The Balaban J connectivity index is 2.14. The van der Waals surface area contributed by atoms with Crippen molar-refractivity contribution < 1.29 is 4.79 Å². The van der Waals surface area contributed by atoms with E-state index in [2.05, 4.69) is 38.0 Å². The van der Waals surface area contributed by atoms with Gasteiger partial charge >= 0.3 is 0 Å². The van der Waals surface area contributed by atoms with Crippen molar-refractivity contribution in [1.29, 1.82) is 0 Å². The SMILES string of the molecule is CC(C)CN(C(=O)c1cccc(NC(C)C)n1)C1CC1. The maximum absolute atomic E-state index is 12.6. The molecule has 1 aliphatic carbocycles. The summed E-state index contributed by atoms with van der Waals surface area (Å²) in [5.74, 6) is 1.32. The molecule has 0 radical (unpaired) electrons. The van der Waals surface area contributed by atoms with Crippen LogP contribution in [0.5, 0.6) is 0 Å². The van der Waals surface area contributed by atoms with Crippen LogP contribution in [0.1, 0.15) is 51.0 Å². The van der Waals surface area contributed by atoms with Crippen molar-refractivity contribution in [2.75, 3.05) is 11.9 Å². The number of rotatable bonds is 6. The summed E-state index contributed by atoms with van der Waals surface area (Å²) in [6.45, 7) is 9.23. The minimum absolute atomic E-state index is 0.0635. The molecule has 1 N–H and O–H groups in total. The molecule has 0 atom stereocenters. The predicted octanol–water partition coefficient (Wildman–Crippen LogP) is 3.16. The lowest BCUT2D eigenvalue weighted by Crippen LogP contribution is -2.36. The molecule has 1 amide bonds. The van der Waals surface area contributed by atoms with Crippen LogP contribution in [0.25, 0.3) is 0 Å². The van der Waals surface area contributed by atoms with E-state index in [1.165, 1.54) is 0 Å². The van der Waals surface area contributed by atoms with Crippen LogP contribution < -0.4 is 5.32 Å². The molecule has 0 aromatic carbocycles. The van der Waals surface area contributed by atoms with Gasteiger partial charge in [0.2, 0.25) is 0 Å². The van der Waals surface area contributed by atoms with Crippen molar-refractivity contribution in [1.82, 2.24) is 9.88 Å². The molecule has 0 bridgehead atoms. The summed E-state index contributed by atoms with van der Waals surface area (Å²) >= 11 is 0. The van der Waals surface area contributed by atoms with Crippen LogP contribution in [0.4, 0.5) is 5.82 Å². The number of hydrogen-bond donors (Lipinski definition) is 1. The van der Waals surface area contributed by atoms with Gasteiger partial charge in [-0.15, -0.1) is 0 Å². The zero-order valence-electron chi connectivity index (χ0n) is 12.9. The van der Waals surface area contributed by atoms with Crippen LogP contribution in [0.2, 0.25) is 0 Å². The van der Waals surface area contributed by atoms with E-state index in [0.29, 0.717) is 23.7 Å². The maximum atomic E-state index is 12.6. The molecule has 4 heteroatoms. The van der Waals surface area contributed by atoms with E-state index in [1.54, 1.807) is 0 Å². The molecule has 0 saturated heterocycles. The van der Waals surface area contributed by atoms with E-state index >= 15 is 0 Å². The van der Waals surface area contributed by atoms with Gasteiger partial charge in [0, 0.05) is 18.6 Å². The van der Waals surface area contributed by atoms with Crippen molar-refractivity contribution in [3.05, 3.63) is 23.9 Å². The molecule has 110 valence electrons. The molecule has 4 nitrogen and oxygen atoms in total. The summed E-state index contributed by atoms with van der Waals surface area (Å²) in [5.41, 5.74) is 0.545. The first kappa shape index (κ1) is 14.8. The van der Waals surface area contributed by atoms with Gasteiger partial charge in [0.25, 0.3) is 5.91 Å². The Morgan fingerprint density at radius 3 is 2.60 bits per heavy atom. The fraction of sp³-hybridized carbons (Fsp3) is 0.625. The Labute approximate surface area is 121 Å². The van der Waals surface area contributed by atoms with E-state index in [-0.39, 0.29) is 5.91 Å². The molecule has 1 saturated carbocycles. The zero-order valence-corrected chi connectivity index (χ0v) is 12.9. The highest BCUT2D eigenvalue weighted by Crippen LogP contribution is 2.29. The Morgan fingerprint density at radius 1 is 1.35 bits per heavy atom. The molecule has 1 aromatic rings. The third kappa shape index (κ3) is 3.95. The second-order valence-electron chi connectivity index (χ2n) is 6.29. The summed E-state index contributed by atoms with van der Waals surface area (Å²) in [5, 5.41) is 3.24.